The van der Waals surface area contributed by atoms with Gasteiger partial charge in [0.25, 0.3) is 0 Å². The number of ketones is 1. The van der Waals surface area contributed by atoms with Crippen molar-refractivity contribution >= 4 is 28.2 Å². The maximum atomic E-state index is 12.6. The number of likely N-dealkylation sites (N-methyl/N-ethyl adjacent to an activating group) is 1. The average molecular weight is 401 g/mol. The second-order valence-corrected chi connectivity index (χ2v) is 7.99. The standard InChI is InChI=1S/C25H23NO4/c1-25(2)20-10-6-7-11-21(20)26(3)23(25)14-18(27)15-30-24(29)19-12-16-8-4-5-9-17(16)13-22(19)28/h4-14,28H,15H2,1-3H3/b23-14-. The van der Waals surface area contributed by atoms with Gasteiger partial charge in [-0.3, -0.25) is 4.79 Å². The van der Waals surface area contributed by atoms with Crippen molar-refractivity contribution in [3.63, 3.8) is 0 Å². The summed E-state index contributed by atoms with van der Waals surface area (Å²) in [5.41, 5.74) is 2.75. The lowest BCUT2D eigenvalue weighted by Crippen LogP contribution is -2.25. The number of fused-ring (bicyclic) bond motifs is 2. The van der Waals surface area contributed by atoms with Crippen LogP contribution in [0.15, 0.2) is 72.4 Å². The first-order valence-electron chi connectivity index (χ1n) is 9.76. The van der Waals surface area contributed by atoms with Crippen molar-refractivity contribution in [3.8, 4) is 5.75 Å². The van der Waals surface area contributed by atoms with E-state index in [1.54, 1.807) is 6.07 Å². The molecule has 4 rings (SSSR count). The summed E-state index contributed by atoms with van der Waals surface area (Å²) in [5, 5.41) is 11.8. The van der Waals surface area contributed by atoms with E-state index in [0.29, 0.717) is 0 Å². The van der Waals surface area contributed by atoms with Gasteiger partial charge in [0, 0.05) is 29.9 Å². The van der Waals surface area contributed by atoms with Gasteiger partial charge in [0.15, 0.2) is 12.4 Å². The number of hydrogen-bond donors (Lipinski definition) is 1. The van der Waals surface area contributed by atoms with E-state index >= 15 is 0 Å². The minimum Gasteiger partial charge on any atom is -0.507 e. The van der Waals surface area contributed by atoms with Crippen molar-refractivity contribution in [1.82, 2.24) is 0 Å². The number of phenolic OH excluding ortho intramolecular Hbond substituents is 1. The maximum absolute atomic E-state index is 12.6. The van der Waals surface area contributed by atoms with Crippen molar-refractivity contribution in [2.24, 2.45) is 0 Å². The molecule has 1 N–H and O–H groups in total. The fourth-order valence-electron chi connectivity index (χ4n) is 4.06. The lowest BCUT2D eigenvalue weighted by atomic mass is 9.83. The van der Waals surface area contributed by atoms with Crippen LogP contribution in [0, 0.1) is 0 Å². The first-order valence-corrected chi connectivity index (χ1v) is 9.76. The summed E-state index contributed by atoms with van der Waals surface area (Å²) >= 11 is 0. The van der Waals surface area contributed by atoms with Crippen LogP contribution in [0.25, 0.3) is 10.8 Å². The number of hydrogen-bond acceptors (Lipinski definition) is 5. The van der Waals surface area contributed by atoms with Crippen LogP contribution in [-0.4, -0.2) is 30.5 Å². The lowest BCUT2D eigenvalue weighted by Gasteiger charge is -2.23. The van der Waals surface area contributed by atoms with Crippen molar-refractivity contribution < 1.29 is 19.4 Å². The molecule has 0 aromatic heterocycles. The van der Waals surface area contributed by atoms with Crippen molar-refractivity contribution in [3.05, 3.63) is 83.6 Å². The van der Waals surface area contributed by atoms with Gasteiger partial charge in [-0.25, -0.2) is 4.79 Å². The maximum Gasteiger partial charge on any atom is 0.342 e. The number of para-hydroxylation sites is 1. The van der Waals surface area contributed by atoms with Gasteiger partial charge >= 0.3 is 5.97 Å². The Labute approximate surface area is 175 Å². The van der Waals surface area contributed by atoms with Crippen LogP contribution in [0.2, 0.25) is 0 Å². The number of anilines is 1. The molecule has 0 saturated carbocycles. The van der Waals surface area contributed by atoms with Crippen LogP contribution in [0.4, 0.5) is 5.69 Å². The molecule has 5 nitrogen and oxygen atoms in total. The largest absolute Gasteiger partial charge is 0.507 e. The predicted molar refractivity (Wildman–Crippen MR) is 117 cm³/mol. The van der Waals surface area contributed by atoms with Gasteiger partial charge in [-0.1, -0.05) is 56.3 Å². The number of allylic oxidation sites excluding steroid dienone is 1. The highest BCUT2D eigenvalue weighted by molar-refractivity contribution is 6.00. The van der Waals surface area contributed by atoms with Crippen LogP contribution in [0.1, 0.15) is 29.8 Å². The fraction of sp³-hybridized carbons (Fsp3) is 0.200. The monoisotopic (exact) mass is 401 g/mol. The van der Waals surface area contributed by atoms with E-state index in [1.807, 2.05) is 54.4 Å². The number of carbonyl (C=O) groups is 2. The Hall–Kier alpha value is -3.60. The molecule has 0 saturated heterocycles. The Kier molecular flexibility index (Phi) is 4.82. The molecule has 0 spiro atoms. The summed E-state index contributed by atoms with van der Waals surface area (Å²) in [6.07, 6.45) is 1.54. The van der Waals surface area contributed by atoms with Gasteiger partial charge in [0.1, 0.15) is 11.3 Å². The highest BCUT2D eigenvalue weighted by atomic mass is 16.5. The van der Waals surface area contributed by atoms with E-state index in [9.17, 15) is 14.7 Å². The van der Waals surface area contributed by atoms with E-state index in [2.05, 4.69) is 19.9 Å². The first-order chi connectivity index (χ1) is 14.3. The van der Waals surface area contributed by atoms with Crippen LogP contribution in [0.5, 0.6) is 5.75 Å². The van der Waals surface area contributed by atoms with E-state index in [-0.39, 0.29) is 22.5 Å². The smallest absolute Gasteiger partial charge is 0.342 e. The van der Waals surface area contributed by atoms with Crippen LogP contribution < -0.4 is 4.90 Å². The molecular formula is C25H23NO4. The number of phenols is 1. The third kappa shape index (κ3) is 3.32. The zero-order valence-corrected chi connectivity index (χ0v) is 17.2. The van der Waals surface area contributed by atoms with E-state index in [0.717, 1.165) is 27.7 Å². The fourth-order valence-corrected chi connectivity index (χ4v) is 4.06. The molecule has 0 radical (unpaired) electrons. The van der Waals surface area contributed by atoms with Gasteiger partial charge in [-0.05, 0) is 34.5 Å². The second-order valence-electron chi connectivity index (χ2n) is 7.99. The number of nitrogens with zero attached hydrogens (tertiary/aromatic N) is 1. The summed E-state index contributed by atoms with van der Waals surface area (Å²) in [6.45, 7) is 3.73. The number of esters is 1. The van der Waals surface area contributed by atoms with E-state index in [1.165, 1.54) is 12.1 Å². The van der Waals surface area contributed by atoms with E-state index < -0.39 is 12.6 Å². The molecule has 0 aliphatic carbocycles. The van der Waals surface area contributed by atoms with Crippen molar-refractivity contribution in [2.75, 3.05) is 18.6 Å². The van der Waals surface area contributed by atoms with Gasteiger partial charge in [-0.15, -0.1) is 0 Å². The minimum atomic E-state index is -0.729. The molecule has 3 aromatic rings. The number of carbonyl (C=O) groups excluding carboxylic acids is 2. The molecular weight excluding hydrogens is 378 g/mol. The van der Waals surface area contributed by atoms with Crippen LogP contribution in [-0.2, 0) is 14.9 Å². The normalized spacial score (nSPS) is 16.0. The van der Waals surface area contributed by atoms with Crippen molar-refractivity contribution in [2.45, 2.75) is 19.3 Å². The Morgan fingerprint density at radius 3 is 2.37 bits per heavy atom. The zero-order chi connectivity index (χ0) is 21.5. The predicted octanol–water partition coefficient (Wildman–Crippen LogP) is 4.58. The van der Waals surface area contributed by atoms with Crippen molar-refractivity contribution in [1.29, 1.82) is 0 Å². The molecule has 0 amide bonds. The second kappa shape index (κ2) is 7.34. The lowest BCUT2D eigenvalue weighted by molar-refractivity contribution is -0.117. The number of ether oxygens (including phenoxy) is 1. The molecule has 1 aliphatic rings. The summed E-state index contributed by atoms with van der Waals surface area (Å²) < 4.78 is 5.20. The molecule has 0 bridgehead atoms. The SMILES string of the molecule is CN1/C(=C\C(=O)COC(=O)c2cc3ccccc3cc2O)C(C)(C)c2ccccc21. The number of benzene rings is 3. The van der Waals surface area contributed by atoms with Gasteiger partial charge < -0.3 is 14.7 Å². The number of aromatic hydroxyl groups is 1. The van der Waals surface area contributed by atoms with E-state index in [4.69, 9.17) is 4.74 Å². The third-order valence-electron chi connectivity index (χ3n) is 5.67. The molecule has 0 atom stereocenters. The minimum absolute atomic E-state index is 0.0415. The summed E-state index contributed by atoms with van der Waals surface area (Å²) in [4.78, 5) is 27.0. The molecule has 30 heavy (non-hydrogen) atoms. The van der Waals surface area contributed by atoms with Gasteiger partial charge in [0.05, 0.1) is 0 Å². The zero-order valence-electron chi connectivity index (χ0n) is 17.2. The highest BCUT2D eigenvalue weighted by Gasteiger charge is 2.38. The summed E-state index contributed by atoms with van der Waals surface area (Å²) in [7, 11) is 1.92. The average Bonchev–Trinajstić information content (AvgIpc) is 2.92. The highest BCUT2D eigenvalue weighted by Crippen LogP contribution is 2.46. The Morgan fingerprint density at radius 1 is 1.03 bits per heavy atom. The number of rotatable bonds is 4. The molecule has 152 valence electrons. The quantitative estimate of drug-likeness (QED) is 0.512. The topological polar surface area (TPSA) is 66.8 Å². The van der Waals surface area contributed by atoms with Gasteiger partial charge in [0.2, 0.25) is 0 Å². The molecule has 1 aliphatic heterocycles. The summed E-state index contributed by atoms with van der Waals surface area (Å²) in [6, 6.07) is 18.5. The Morgan fingerprint density at radius 2 is 1.67 bits per heavy atom. The molecule has 5 heteroatoms. The Bertz CT molecular complexity index is 1190. The van der Waals surface area contributed by atoms with Crippen LogP contribution >= 0.6 is 0 Å². The first kappa shape index (κ1) is 19.7. The van der Waals surface area contributed by atoms with Crippen LogP contribution in [0.3, 0.4) is 0 Å². The molecule has 1 heterocycles. The van der Waals surface area contributed by atoms with Gasteiger partial charge in [-0.2, -0.15) is 0 Å². The summed E-state index contributed by atoms with van der Waals surface area (Å²) in [5.74, 6) is -1.21. The molecule has 0 unspecified atom stereocenters. The Balaban J connectivity index is 1.50. The third-order valence-corrected chi connectivity index (χ3v) is 5.67. The molecule has 0 fully saturated rings. The molecule has 3 aromatic carbocycles.